The Morgan fingerprint density at radius 3 is 3.23 bits per heavy atom. The van der Waals surface area contributed by atoms with Crippen molar-refractivity contribution >= 4 is 16.8 Å². The van der Waals surface area contributed by atoms with E-state index in [0.29, 0.717) is 12.0 Å². The largest absolute Gasteiger partial charge is 0.360 e. The van der Waals surface area contributed by atoms with Crippen LogP contribution < -0.4 is 0 Å². The van der Waals surface area contributed by atoms with Crippen molar-refractivity contribution in [2.45, 2.75) is 13.3 Å². The molecule has 0 spiro atoms. The number of aromatic nitrogens is 2. The van der Waals surface area contributed by atoms with Gasteiger partial charge in [0.05, 0.1) is 11.0 Å². The summed E-state index contributed by atoms with van der Waals surface area (Å²) in [5.74, 6) is 0.129. The minimum Gasteiger partial charge on any atom is -0.360 e. The Balaban J connectivity index is 2.54. The van der Waals surface area contributed by atoms with Crippen LogP contribution in [0.4, 0.5) is 0 Å². The van der Waals surface area contributed by atoms with E-state index in [1.807, 2.05) is 25.3 Å². The number of carbonyl (C=O) groups excluding carboxylic acids is 1. The topological polar surface area (TPSA) is 45.8 Å². The minimum atomic E-state index is 0.129. The smallest absolute Gasteiger partial charge is 0.164 e. The highest BCUT2D eigenvalue weighted by molar-refractivity contribution is 5.98. The Morgan fingerprint density at radius 1 is 1.62 bits per heavy atom. The third-order valence-electron chi connectivity index (χ3n) is 2.04. The van der Waals surface area contributed by atoms with Crippen LogP contribution in [-0.2, 0) is 0 Å². The third-order valence-corrected chi connectivity index (χ3v) is 2.04. The van der Waals surface area contributed by atoms with Crippen molar-refractivity contribution in [3.63, 3.8) is 0 Å². The van der Waals surface area contributed by atoms with E-state index < -0.39 is 0 Å². The number of pyridine rings is 1. The Bertz CT molecular complexity index is 445. The van der Waals surface area contributed by atoms with E-state index in [1.165, 1.54) is 0 Å². The van der Waals surface area contributed by atoms with Crippen molar-refractivity contribution in [2.75, 3.05) is 0 Å². The molecule has 0 aromatic carbocycles. The van der Waals surface area contributed by atoms with Crippen molar-refractivity contribution in [1.82, 2.24) is 9.97 Å². The first-order valence-corrected chi connectivity index (χ1v) is 4.27. The molecule has 2 rings (SSSR count). The Kier molecular flexibility index (Phi) is 1.85. The second-order valence-electron chi connectivity index (χ2n) is 2.91. The molecule has 0 amide bonds. The average Bonchev–Trinajstić information content (AvgIpc) is 2.63. The van der Waals surface area contributed by atoms with Crippen LogP contribution in [0, 0.1) is 0 Å². The molecule has 0 aliphatic rings. The molecular formula is C10H10N2O. The average molecular weight is 174 g/mol. The number of nitrogens with one attached hydrogen (secondary N) is 1. The van der Waals surface area contributed by atoms with Gasteiger partial charge in [0.25, 0.3) is 0 Å². The number of hydrogen-bond acceptors (Lipinski definition) is 2. The molecule has 0 atom stereocenters. The predicted octanol–water partition coefficient (Wildman–Crippen LogP) is 2.16. The van der Waals surface area contributed by atoms with Gasteiger partial charge in [-0.15, -0.1) is 0 Å². The lowest BCUT2D eigenvalue weighted by Gasteiger charge is -1.96. The molecule has 0 bridgehead atoms. The molecule has 0 unspecified atom stereocenters. The highest BCUT2D eigenvalue weighted by atomic mass is 16.1. The van der Waals surface area contributed by atoms with Gasteiger partial charge in [0.1, 0.15) is 0 Å². The lowest BCUT2D eigenvalue weighted by atomic mass is 10.1. The number of aromatic amines is 1. The van der Waals surface area contributed by atoms with Gasteiger partial charge in [-0.3, -0.25) is 9.78 Å². The number of H-pyrrole nitrogens is 1. The van der Waals surface area contributed by atoms with Crippen LogP contribution in [0.1, 0.15) is 23.7 Å². The zero-order valence-electron chi connectivity index (χ0n) is 7.37. The molecule has 3 heteroatoms. The van der Waals surface area contributed by atoms with E-state index in [2.05, 4.69) is 9.97 Å². The van der Waals surface area contributed by atoms with Crippen molar-refractivity contribution in [3.8, 4) is 0 Å². The number of nitrogens with zero attached hydrogens (tertiary/aromatic N) is 1. The fraction of sp³-hybridized carbons (Fsp3) is 0.200. The summed E-state index contributed by atoms with van der Waals surface area (Å²) in [4.78, 5) is 18.5. The van der Waals surface area contributed by atoms with Gasteiger partial charge >= 0.3 is 0 Å². The second-order valence-corrected chi connectivity index (χ2v) is 2.91. The highest BCUT2D eigenvalue weighted by Gasteiger charge is 2.04. The number of Topliss-reactive ketones (excluding diaryl/α,β-unsaturated/α-hetero) is 1. The van der Waals surface area contributed by atoms with E-state index in [9.17, 15) is 4.79 Å². The van der Waals surface area contributed by atoms with E-state index in [1.54, 1.807) is 6.20 Å². The van der Waals surface area contributed by atoms with Crippen LogP contribution >= 0.6 is 0 Å². The Labute approximate surface area is 75.8 Å². The van der Waals surface area contributed by atoms with Crippen LogP contribution in [0.25, 0.3) is 11.0 Å². The van der Waals surface area contributed by atoms with Gasteiger partial charge in [0.2, 0.25) is 0 Å². The molecule has 2 heterocycles. The third kappa shape index (κ3) is 1.33. The van der Waals surface area contributed by atoms with Crippen molar-refractivity contribution in [1.29, 1.82) is 0 Å². The molecule has 0 fully saturated rings. The van der Waals surface area contributed by atoms with Crippen molar-refractivity contribution in [3.05, 3.63) is 30.1 Å². The fourth-order valence-electron chi connectivity index (χ4n) is 1.29. The molecule has 2 aromatic rings. The molecule has 0 saturated heterocycles. The van der Waals surface area contributed by atoms with Crippen LogP contribution in [0.5, 0.6) is 0 Å². The summed E-state index contributed by atoms with van der Waals surface area (Å²) >= 11 is 0. The Morgan fingerprint density at radius 2 is 2.46 bits per heavy atom. The molecule has 2 aromatic heterocycles. The van der Waals surface area contributed by atoms with Gasteiger partial charge in [-0.25, -0.2) is 0 Å². The molecule has 3 nitrogen and oxygen atoms in total. The number of fused-ring (bicyclic) bond motifs is 1. The molecule has 0 aliphatic heterocycles. The highest BCUT2D eigenvalue weighted by Crippen LogP contribution is 2.11. The maximum Gasteiger partial charge on any atom is 0.164 e. The maximum absolute atomic E-state index is 11.3. The number of carbonyl (C=O) groups is 1. The van der Waals surface area contributed by atoms with Crippen LogP contribution in [0.3, 0.4) is 0 Å². The normalized spacial score (nSPS) is 10.5. The number of rotatable bonds is 2. The summed E-state index contributed by atoms with van der Waals surface area (Å²) in [6.45, 7) is 1.85. The lowest BCUT2D eigenvalue weighted by molar-refractivity contribution is 0.0988. The first kappa shape index (κ1) is 7.98. The monoisotopic (exact) mass is 174 g/mol. The zero-order valence-corrected chi connectivity index (χ0v) is 7.37. The van der Waals surface area contributed by atoms with Gasteiger partial charge in [-0.05, 0) is 12.1 Å². The van der Waals surface area contributed by atoms with E-state index in [-0.39, 0.29) is 5.78 Å². The van der Waals surface area contributed by atoms with Gasteiger partial charge < -0.3 is 4.98 Å². The minimum absolute atomic E-state index is 0.129. The first-order chi connectivity index (χ1) is 6.31. The quantitative estimate of drug-likeness (QED) is 0.709. The SMILES string of the molecule is CCC(=O)c1cnc2cc[nH]c2c1. The molecule has 0 saturated carbocycles. The van der Waals surface area contributed by atoms with E-state index >= 15 is 0 Å². The molecule has 1 N–H and O–H groups in total. The molecular weight excluding hydrogens is 164 g/mol. The number of ketones is 1. The summed E-state index contributed by atoms with van der Waals surface area (Å²) in [5, 5.41) is 0. The van der Waals surface area contributed by atoms with Gasteiger partial charge in [-0.1, -0.05) is 6.92 Å². The summed E-state index contributed by atoms with van der Waals surface area (Å²) in [6, 6.07) is 3.73. The van der Waals surface area contributed by atoms with E-state index in [4.69, 9.17) is 0 Å². The number of hydrogen-bond donors (Lipinski definition) is 1. The second kappa shape index (κ2) is 3.01. The molecule has 13 heavy (non-hydrogen) atoms. The standard InChI is InChI=1S/C10H10N2O/c1-2-10(13)7-5-9-8(12-6-7)3-4-11-9/h3-6,11H,2H2,1H3. The van der Waals surface area contributed by atoms with Crippen LogP contribution in [0.2, 0.25) is 0 Å². The van der Waals surface area contributed by atoms with Gasteiger partial charge in [0, 0.05) is 24.4 Å². The molecule has 0 aliphatic carbocycles. The summed E-state index contributed by atoms with van der Waals surface area (Å²) in [6.07, 6.45) is 3.97. The fourth-order valence-corrected chi connectivity index (χ4v) is 1.29. The van der Waals surface area contributed by atoms with Gasteiger partial charge in [0.15, 0.2) is 5.78 Å². The maximum atomic E-state index is 11.3. The molecule has 0 radical (unpaired) electrons. The van der Waals surface area contributed by atoms with Crippen LogP contribution in [0.15, 0.2) is 24.5 Å². The lowest BCUT2D eigenvalue weighted by Crippen LogP contribution is -1.96. The van der Waals surface area contributed by atoms with E-state index in [0.717, 1.165) is 11.0 Å². The zero-order chi connectivity index (χ0) is 9.26. The summed E-state index contributed by atoms with van der Waals surface area (Å²) in [7, 11) is 0. The molecule has 66 valence electrons. The summed E-state index contributed by atoms with van der Waals surface area (Å²) < 4.78 is 0. The van der Waals surface area contributed by atoms with Gasteiger partial charge in [-0.2, -0.15) is 0 Å². The first-order valence-electron chi connectivity index (χ1n) is 4.27. The van der Waals surface area contributed by atoms with Crippen LogP contribution in [-0.4, -0.2) is 15.8 Å². The van der Waals surface area contributed by atoms with Crippen molar-refractivity contribution < 1.29 is 4.79 Å². The van der Waals surface area contributed by atoms with Crippen molar-refractivity contribution in [2.24, 2.45) is 0 Å². The summed E-state index contributed by atoms with van der Waals surface area (Å²) in [5.41, 5.74) is 2.49. The predicted molar refractivity (Wildman–Crippen MR) is 50.7 cm³/mol. The Hall–Kier alpha value is -1.64.